The summed E-state index contributed by atoms with van der Waals surface area (Å²) in [6.07, 6.45) is 1.92. The van der Waals surface area contributed by atoms with E-state index < -0.39 is 5.82 Å². The van der Waals surface area contributed by atoms with E-state index in [-0.39, 0.29) is 24.6 Å². The highest BCUT2D eigenvalue weighted by molar-refractivity contribution is 7.98. The summed E-state index contributed by atoms with van der Waals surface area (Å²) in [7, 11) is 0. The van der Waals surface area contributed by atoms with E-state index in [0.29, 0.717) is 16.1 Å². The highest BCUT2D eigenvalue weighted by atomic mass is 35.5. The molecule has 0 aromatic heterocycles. The van der Waals surface area contributed by atoms with Gasteiger partial charge in [0.2, 0.25) is 0 Å². The average molecular weight is 340 g/mol. The van der Waals surface area contributed by atoms with Gasteiger partial charge in [0.25, 0.3) is 5.91 Å². The number of hydrogen-bond acceptors (Lipinski definition) is 3. The molecule has 0 radical (unpaired) electrons. The van der Waals surface area contributed by atoms with Gasteiger partial charge in [0.15, 0.2) is 0 Å². The number of thioether (sulfide) groups is 1. The molecule has 0 unspecified atom stereocenters. The molecule has 6 heteroatoms. The fourth-order valence-electron chi connectivity index (χ4n) is 1.94. The van der Waals surface area contributed by atoms with Crippen LogP contribution in [-0.2, 0) is 13.2 Å². The molecule has 2 N–H and O–H groups in total. The lowest BCUT2D eigenvalue weighted by atomic mass is 10.1. The zero-order valence-corrected chi connectivity index (χ0v) is 13.5. The third-order valence-electron chi connectivity index (χ3n) is 3.15. The van der Waals surface area contributed by atoms with E-state index >= 15 is 0 Å². The van der Waals surface area contributed by atoms with E-state index in [0.717, 1.165) is 4.90 Å². The topological polar surface area (TPSA) is 49.3 Å². The summed E-state index contributed by atoms with van der Waals surface area (Å²) in [6, 6.07) is 9.62. The molecule has 0 aliphatic heterocycles. The van der Waals surface area contributed by atoms with E-state index in [9.17, 15) is 9.18 Å². The quantitative estimate of drug-likeness (QED) is 0.818. The van der Waals surface area contributed by atoms with Crippen molar-refractivity contribution in [2.24, 2.45) is 0 Å². The van der Waals surface area contributed by atoms with Crippen molar-refractivity contribution in [2.45, 2.75) is 18.0 Å². The Bertz CT molecular complexity index is 694. The number of aliphatic hydroxyl groups excluding tert-OH is 1. The van der Waals surface area contributed by atoms with Crippen LogP contribution in [-0.4, -0.2) is 17.3 Å². The van der Waals surface area contributed by atoms with Crippen molar-refractivity contribution in [1.82, 2.24) is 5.32 Å². The standard InChI is InChI=1S/C16H15ClFNO2S/c1-22-12-3-4-14(17)13(7-12)16(21)19-8-10-2-5-15(18)11(6-10)9-20/h2-7,20H,8-9H2,1H3,(H,19,21). The summed E-state index contributed by atoms with van der Waals surface area (Å²) in [5.41, 5.74) is 1.31. The Labute approximate surface area is 137 Å². The monoisotopic (exact) mass is 339 g/mol. The molecule has 2 aromatic carbocycles. The molecule has 1 amide bonds. The maximum absolute atomic E-state index is 13.3. The van der Waals surface area contributed by atoms with Gasteiger partial charge < -0.3 is 10.4 Å². The number of rotatable bonds is 5. The first-order valence-electron chi connectivity index (χ1n) is 6.55. The number of amides is 1. The molecule has 0 fully saturated rings. The minimum Gasteiger partial charge on any atom is -0.392 e. The maximum Gasteiger partial charge on any atom is 0.253 e. The molecular formula is C16H15ClFNO2S. The van der Waals surface area contributed by atoms with E-state index in [1.807, 2.05) is 12.3 Å². The van der Waals surface area contributed by atoms with Crippen LogP contribution >= 0.6 is 23.4 Å². The van der Waals surface area contributed by atoms with Crippen molar-refractivity contribution in [3.63, 3.8) is 0 Å². The smallest absolute Gasteiger partial charge is 0.253 e. The first kappa shape index (κ1) is 16.8. The molecule has 2 rings (SSSR count). The SMILES string of the molecule is CSc1ccc(Cl)c(C(=O)NCc2ccc(F)c(CO)c2)c1. The summed E-state index contributed by atoms with van der Waals surface area (Å²) in [5, 5.41) is 12.2. The second kappa shape index (κ2) is 7.63. The van der Waals surface area contributed by atoms with Gasteiger partial charge in [0.1, 0.15) is 5.82 Å². The molecule has 3 nitrogen and oxygen atoms in total. The molecular weight excluding hydrogens is 325 g/mol. The Balaban J connectivity index is 2.10. The van der Waals surface area contributed by atoms with Crippen molar-refractivity contribution in [2.75, 3.05) is 6.26 Å². The lowest BCUT2D eigenvalue weighted by molar-refractivity contribution is 0.0951. The molecule has 0 heterocycles. The zero-order chi connectivity index (χ0) is 16.1. The van der Waals surface area contributed by atoms with Crippen LogP contribution in [0.3, 0.4) is 0 Å². The van der Waals surface area contributed by atoms with Crippen molar-refractivity contribution in [3.05, 3.63) is 63.9 Å². The molecule has 0 saturated heterocycles. The number of nitrogens with one attached hydrogen (secondary N) is 1. The van der Waals surface area contributed by atoms with Gasteiger partial charge in [-0.2, -0.15) is 0 Å². The van der Waals surface area contributed by atoms with Gasteiger partial charge in [-0.05, 0) is 42.2 Å². The molecule has 0 bridgehead atoms. The largest absolute Gasteiger partial charge is 0.392 e. The van der Waals surface area contributed by atoms with Gasteiger partial charge >= 0.3 is 0 Å². The molecule has 22 heavy (non-hydrogen) atoms. The number of hydrogen-bond donors (Lipinski definition) is 2. The molecule has 116 valence electrons. The van der Waals surface area contributed by atoms with E-state index in [2.05, 4.69) is 5.32 Å². The Morgan fingerprint density at radius 1 is 1.32 bits per heavy atom. The number of carbonyl (C=O) groups is 1. The fraction of sp³-hybridized carbons (Fsp3) is 0.188. The van der Waals surface area contributed by atoms with E-state index in [1.165, 1.54) is 23.9 Å². The second-order valence-electron chi connectivity index (χ2n) is 4.61. The lowest BCUT2D eigenvalue weighted by Gasteiger charge is -2.09. The first-order chi connectivity index (χ1) is 10.5. The molecule has 0 spiro atoms. The number of carbonyl (C=O) groups excluding carboxylic acids is 1. The summed E-state index contributed by atoms with van der Waals surface area (Å²) >= 11 is 7.57. The average Bonchev–Trinajstić information content (AvgIpc) is 2.54. The van der Waals surface area contributed by atoms with Crippen molar-refractivity contribution in [3.8, 4) is 0 Å². The van der Waals surface area contributed by atoms with Crippen molar-refractivity contribution in [1.29, 1.82) is 0 Å². The molecule has 0 aliphatic rings. The van der Waals surface area contributed by atoms with Crippen LogP contribution in [0.25, 0.3) is 0 Å². The summed E-state index contributed by atoms with van der Waals surface area (Å²) in [6.45, 7) is -0.152. The number of aliphatic hydroxyl groups is 1. The van der Waals surface area contributed by atoms with Crippen LogP contribution in [0, 0.1) is 5.82 Å². The van der Waals surface area contributed by atoms with Crippen LogP contribution in [0.2, 0.25) is 5.02 Å². The van der Waals surface area contributed by atoms with Gasteiger partial charge in [-0.3, -0.25) is 4.79 Å². The molecule has 0 aliphatic carbocycles. The first-order valence-corrected chi connectivity index (χ1v) is 8.15. The highest BCUT2D eigenvalue weighted by Gasteiger charge is 2.11. The third-order valence-corrected chi connectivity index (χ3v) is 4.21. The Morgan fingerprint density at radius 2 is 2.09 bits per heavy atom. The van der Waals surface area contributed by atoms with Crippen LogP contribution in [0.4, 0.5) is 4.39 Å². The van der Waals surface area contributed by atoms with Crippen LogP contribution in [0.5, 0.6) is 0 Å². The normalized spacial score (nSPS) is 10.5. The summed E-state index contributed by atoms with van der Waals surface area (Å²) < 4.78 is 13.3. The van der Waals surface area contributed by atoms with E-state index in [4.69, 9.17) is 16.7 Å². The minimum absolute atomic E-state index is 0.203. The van der Waals surface area contributed by atoms with Crippen LogP contribution in [0.15, 0.2) is 41.3 Å². The second-order valence-corrected chi connectivity index (χ2v) is 5.90. The van der Waals surface area contributed by atoms with Crippen LogP contribution in [0.1, 0.15) is 21.5 Å². The zero-order valence-electron chi connectivity index (χ0n) is 11.9. The highest BCUT2D eigenvalue weighted by Crippen LogP contribution is 2.23. The molecule has 0 atom stereocenters. The van der Waals surface area contributed by atoms with Crippen LogP contribution < -0.4 is 5.32 Å². The van der Waals surface area contributed by atoms with Gasteiger partial charge in [0, 0.05) is 17.0 Å². The van der Waals surface area contributed by atoms with Crippen molar-refractivity contribution >= 4 is 29.3 Å². The number of benzene rings is 2. The Hall–Kier alpha value is -1.56. The summed E-state index contributed by atoms with van der Waals surface area (Å²) in [4.78, 5) is 13.1. The van der Waals surface area contributed by atoms with Crippen molar-refractivity contribution < 1.29 is 14.3 Å². The Morgan fingerprint density at radius 3 is 2.77 bits per heavy atom. The minimum atomic E-state index is -0.465. The predicted octanol–water partition coefficient (Wildman–Crippen LogP) is 3.62. The Kier molecular flexibility index (Phi) is 5.83. The third kappa shape index (κ3) is 4.00. The van der Waals surface area contributed by atoms with E-state index in [1.54, 1.807) is 18.2 Å². The van der Waals surface area contributed by atoms with Gasteiger partial charge in [-0.1, -0.05) is 17.7 Å². The summed E-state index contributed by atoms with van der Waals surface area (Å²) in [5.74, 6) is -0.760. The van der Waals surface area contributed by atoms with Gasteiger partial charge in [0.05, 0.1) is 17.2 Å². The maximum atomic E-state index is 13.3. The fourth-order valence-corrected chi connectivity index (χ4v) is 2.59. The molecule has 0 saturated carbocycles. The number of halogens is 2. The lowest BCUT2D eigenvalue weighted by Crippen LogP contribution is -2.23. The molecule has 2 aromatic rings. The van der Waals surface area contributed by atoms with Gasteiger partial charge in [-0.15, -0.1) is 11.8 Å². The van der Waals surface area contributed by atoms with Gasteiger partial charge in [-0.25, -0.2) is 4.39 Å². The predicted molar refractivity (Wildman–Crippen MR) is 86.7 cm³/mol.